The Balaban J connectivity index is 0.000000621. The zero-order valence-corrected chi connectivity index (χ0v) is 17.9. The zero-order chi connectivity index (χ0) is 22.1. The summed E-state index contributed by atoms with van der Waals surface area (Å²) in [6.07, 6.45) is -1.03. The maximum absolute atomic E-state index is 11.7. The van der Waals surface area contributed by atoms with E-state index in [9.17, 15) is 9.59 Å². The largest absolute Gasteiger partial charge is 0.443 e. The van der Waals surface area contributed by atoms with E-state index in [1.54, 1.807) is 72.9 Å². The van der Waals surface area contributed by atoms with Crippen molar-refractivity contribution >= 4 is 17.9 Å². The molecule has 9 nitrogen and oxygen atoms in total. The van der Waals surface area contributed by atoms with Crippen molar-refractivity contribution in [3.8, 4) is 6.07 Å². The minimum absolute atomic E-state index is 0.466. The van der Waals surface area contributed by atoms with E-state index in [4.69, 9.17) is 20.6 Å². The van der Waals surface area contributed by atoms with Crippen LogP contribution in [-0.4, -0.2) is 47.5 Å². The summed E-state index contributed by atoms with van der Waals surface area (Å²) in [7, 11) is 2.98. The monoisotopic (exact) mass is 393 g/mol. The quantitative estimate of drug-likeness (QED) is 0.448. The molecule has 3 N–H and O–H groups in total. The van der Waals surface area contributed by atoms with E-state index in [1.807, 2.05) is 6.07 Å². The molecule has 2 amide bonds. The summed E-state index contributed by atoms with van der Waals surface area (Å²) in [6, 6.07) is 8.99. The van der Waals surface area contributed by atoms with Crippen molar-refractivity contribution in [2.75, 3.05) is 19.5 Å². The van der Waals surface area contributed by atoms with Crippen molar-refractivity contribution in [3.63, 3.8) is 0 Å². The fourth-order valence-electron chi connectivity index (χ4n) is 1.57. The molecular weight excluding hydrogens is 362 g/mol. The van der Waals surface area contributed by atoms with E-state index in [-0.39, 0.29) is 0 Å². The first-order valence-electron chi connectivity index (χ1n) is 8.60. The van der Waals surface area contributed by atoms with Crippen LogP contribution in [0.4, 0.5) is 15.3 Å². The van der Waals surface area contributed by atoms with Crippen LogP contribution in [0.25, 0.3) is 0 Å². The van der Waals surface area contributed by atoms with E-state index in [0.29, 0.717) is 11.3 Å². The molecule has 0 aliphatic rings. The molecule has 0 unspecified atom stereocenters. The Kier molecular flexibility index (Phi) is 9.26. The van der Waals surface area contributed by atoms with Crippen LogP contribution >= 0.6 is 0 Å². The third-order valence-electron chi connectivity index (χ3n) is 2.68. The smallest absolute Gasteiger partial charge is 0.428 e. The number of nitrogens with one attached hydrogen (secondary N) is 1. The van der Waals surface area contributed by atoms with Gasteiger partial charge in [-0.2, -0.15) is 5.26 Å². The highest BCUT2D eigenvalue weighted by molar-refractivity contribution is 5.71. The third kappa shape index (κ3) is 10.9. The van der Waals surface area contributed by atoms with Gasteiger partial charge in [-0.05, 0) is 53.7 Å². The predicted octanol–water partition coefficient (Wildman–Crippen LogP) is 3.48. The summed E-state index contributed by atoms with van der Waals surface area (Å²) in [5, 5.41) is 11.0. The maximum Gasteiger partial charge on any atom is 0.428 e. The lowest BCUT2D eigenvalue weighted by molar-refractivity contribution is 0.0295. The van der Waals surface area contributed by atoms with Crippen LogP contribution in [0.1, 0.15) is 47.1 Å². The van der Waals surface area contributed by atoms with E-state index >= 15 is 0 Å². The first-order chi connectivity index (χ1) is 12.7. The van der Waals surface area contributed by atoms with Gasteiger partial charge in [0, 0.05) is 14.1 Å². The molecule has 0 radical (unpaired) electrons. The maximum atomic E-state index is 11.7. The Labute approximate surface area is 166 Å². The topological polar surface area (TPSA) is 121 Å². The summed E-state index contributed by atoms with van der Waals surface area (Å²) in [6.45, 7) is 10.7. The number of hydrogen-bond donors (Lipinski definition) is 2. The van der Waals surface area contributed by atoms with Crippen LogP contribution in [0.5, 0.6) is 0 Å². The van der Waals surface area contributed by atoms with Crippen molar-refractivity contribution < 1.29 is 19.1 Å². The lowest BCUT2D eigenvalue weighted by Crippen LogP contribution is -2.38. The molecule has 1 aromatic carbocycles. The number of nitrogens with two attached hydrogens (primary N) is 1. The van der Waals surface area contributed by atoms with Gasteiger partial charge in [0.2, 0.25) is 0 Å². The number of benzene rings is 1. The van der Waals surface area contributed by atoms with Gasteiger partial charge in [-0.3, -0.25) is 5.43 Å². The van der Waals surface area contributed by atoms with Gasteiger partial charge >= 0.3 is 12.2 Å². The number of rotatable bonds is 2. The molecule has 0 aliphatic carbocycles. The number of hydrazine groups is 2. The molecule has 0 saturated heterocycles. The fourth-order valence-corrected chi connectivity index (χ4v) is 1.57. The first-order valence-corrected chi connectivity index (χ1v) is 8.60. The van der Waals surface area contributed by atoms with Crippen molar-refractivity contribution in [1.29, 1.82) is 5.26 Å². The Hall–Kier alpha value is -2.99. The van der Waals surface area contributed by atoms with Gasteiger partial charge in [-0.1, -0.05) is 12.1 Å². The fraction of sp³-hybridized carbons (Fsp3) is 0.526. The zero-order valence-electron chi connectivity index (χ0n) is 17.9. The second-order valence-electron chi connectivity index (χ2n) is 7.90. The molecule has 0 saturated carbocycles. The molecule has 0 atom stereocenters. The summed E-state index contributed by atoms with van der Waals surface area (Å²) >= 11 is 0. The van der Waals surface area contributed by atoms with Crippen LogP contribution in [0.3, 0.4) is 0 Å². The van der Waals surface area contributed by atoms with Crippen LogP contribution in [0.15, 0.2) is 24.3 Å². The van der Waals surface area contributed by atoms with E-state index in [1.165, 1.54) is 12.1 Å². The molecule has 9 heteroatoms. The first kappa shape index (κ1) is 25.0. The highest BCUT2D eigenvalue weighted by Crippen LogP contribution is 2.15. The summed E-state index contributed by atoms with van der Waals surface area (Å²) in [5.74, 6) is 5.10. The van der Waals surface area contributed by atoms with Crippen molar-refractivity contribution in [2.45, 2.75) is 52.7 Å². The van der Waals surface area contributed by atoms with Crippen LogP contribution in [0.2, 0.25) is 0 Å². The van der Waals surface area contributed by atoms with Gasteiger partial charge in [0.15, 0.2) is 0 Å². The second kappa shape index (κ2) is 10.4. The molecule has 0 aromatic heterocycles. The molecule has 0 bridgehead atoms. The van der Waals surface area contributed by atoms with Gasteiger partial charge in [0.1, 0.15) is 17.3 Å². The number of carbonyl (C=O) groups excluding carboxylic acids is 2. The molecule has 0 fully saturated rings. The van der Waals surface area contributed by atoms with Gasteiger partial charge in [0.05, 0.1) is 11.3 Å². The Bertz CT molecular complexity index is 700. The highest BCUT2D eigenvalue weighted by atomic mass is 16.6. The Morgan fingerprint density at radius 2 is 1.46 bits per heavy atom. The molecule has 156 valence electrons. The number of amides is 2. The third-order valence-corrected chi connectivity index (χ3v) is 2.68. The summed E-state index contributed by atoms with van der Waals surface area (Å²) in [5.41, 5.74) is 2.83. The summed E-state index contributed by atoms with van der Waals surface area (Å²) in [4.78, 5) is 22.5. The molecule has 1 aromatic rings. The van der Waals surface area contributed by atoms with Crippen LogP contribution in [-0.2, 0) is 9.47 Å². The predicted molar refractivity (Wildman–Crippen MR) is 107 cm³/mol. The lowest BCUT2D eigenvalue weighted by Gasteiger charge is -2.25. The molecule has 0 heterocycles. The average molecular weight is 393 g/mol. The minimum atomic E-state index is -0.554. The second-order valence-corrected chi connectivity index (χ2v) is 7.90. The molecule has 0 aliphatic heterocycles. The number of ether oxygens (including phenoxy) is 2. The average Bonchev–Trinajstić information content (AvgIpc) is 2.52. The van der Waals surface area contributed by atoms with E-state index in [2.05, 4.69) is 5.43 Å². The number of anilines is 1. The molecule has 28 heavy (non-hydrogen) atoms. The van der Waals surface area contributed by atoms with Gasteiger partial charge in [0.25, 0.3) is 0 Å². The van der Waals surface area contributed by atoms with Crippen molar-refractivity contribution in [2.24, 2.45) is 5.84 Å². The van der Waals surface area contributed by atoms with Gasteiger partial charge < -0.3 is 9.47 Å². The van der Waals surface area contributed by atoms with Gasteiger partial charge in [-0.25, -0.2) is 25.4 Å². The minimum Gasteiger partial charge on any atom is -0.443 e. The van der Waals surface area contributed by atoms with Crippen LogP contribution in [0, 0.1) is 11.3 Å². The SMILES string of the molecule is CN(N)C(=O)OC(C)(C)C.CN(Nc1ccccc1C#N)C(=O)OC(C)(C)C. The van der Waals surface area contributed by atoms with Crippen molar-refractivity contribution in [1.82, 2.24) is 10.0 Å². The number of nitriles is 1. The number of nitrogens with zero attached hydrogens (tertiary/aromatic N) is 3. The Morgan fingerprint density at radius 3 is 1.86 bits per heavy atom. The van der Waals surface area contributed by atoms with E-state index in [0.717, 1.165) is 5.01 Å². The van der Waals surface area contributed by atoms with Crippen molar-refractivity contribution in [3.05, 3.63) is 29.8 Å². The molecular formula is C19H31N5O4. The number of carbonyl (C=O) groups is 2. The molecule has 1 rings (SSSR count). The van der Waals surface area contributed by atoms with E-state index < -0.39 is 23.4 Å². The lowest BCUT2D eigenvalue weighted by atomic mass is 10.2. The Morgan fingerprint density at radius 1 is 1.00 bits per heavy atom. The summed E-state index contributed by atoms with van der Waals surface area (Å²) < 4.78 is 10.0. The van der Waals surface area contributed by atoms with Crippen LogP contribution < -0.4 is 11.3 Å². The normalized spacial score (nSPS) is 10.6. The standard InChI is InChI=1S/C13H17N3O2.C6H14N2O2/c1-13(2,3)18-12(17)16(4)15-11-8-6-5-7-10(11)9-14;1-6(2,3)10-5(9)8(4)7/h5-8,15H,1-4H3;7H2,1-4H3. The number of hydrogen-bond acceptors (Lipinski definition) is 7. The highest BCUT2D eigenvalue weighted by Gasteiger charge is 2.20. The van der Waals surface area contributed by atoms with Gasteiger partial charge in [-0.15, -0.1) is 0 Å². The number of para-hydroxylation sites is 1. The molecule has 0 spiro atoms.